The molecule has 106 valence electrons. The molecule has 0 aliphatic carbocycles. The molecule has 2 aromatic carbocycles. The molecule has 0 aliphatic rings. The lowest BCUT2D eigenvalue weighted by Crippen LogP contribution is -2.18. The first kappa shape index (κ1) is 15.1. The lowest BCUT2D eigenvalue weighted by Gasteiger charge is -2.20. The number of benzene rings is 2. The molecule has 0 saturated heterocycles. The number of halogens is 1. The molecule has 0 saturated carbocycles. The van der Waals surface area contributed by atoms with Gasteiger partial charge in [0.25, 0.3) is 0 Å². The van der Waals surface area contributed by atoms with Crippen LogP contribution in [0.15, 0.2) is 42.5 Å². The summed E-state index contributed by atoms with van der Waals surface area (Å²) >= 11 is 2.32. The molecule has 0 bridgehead atoms. The molecular formula is C16H18INO2. The van der Waals surface area contributed by atoms with Crippen LogP contribution in [0.4, 0.5) is 0 Å². The Hall–Kier alpha value is -1.27. The Labute approximate surface area is 133 Å². The second kappa shape index (κ2) is 6.95. The maximum absolute atomic E-state index is 5.50. The van der Waals surface area contributed by atoms with Crippen molar-refractivity contribution in [1.82, 2.24) is 5.32 Å². The largest absolute Gasteiger partial charge is 0.497 e. The van der Waals surface area contributed by atoms with Gasteiger partial charge in [-0.1, -0.05) is 12.1 Å². The Morgan fingerprint density at radius 2 is 1.85 bits per heavy atom. The van der Waals surface area contributed by atoms with Crippen molar-refractivity contribution in [3.05, 3.63) is 57.2 Å². The van der Waals surface area contributed by atoms with E-state index in [9.17, 15) is 0 Å². The molecule has 1 atom stereocenters. The third kappa shape index (κ3) is 3.24. The molecule has 0 spiro atoms. The van der Waals surface area contributed by atoms with Gasteiger partial charge in [0.15, 0.2) is 0 Å². The number of ether oxygens (including phenoxy) is 2. The summed E-state index contributed by atoms with van der Waals surface area (Å²) in [6.07, 6.45) is 0. The van der Waals surface area contributed by atoms with Crippen molar-refractivity contribution in [1.29, 1.82) is 0 Å². The fourth-order valence-corrected chi connectivity index (χ4v) is 2.81. The Kier molecular flexibility index (Phi) is 5.25. The Morgan fingerprint density at radius 3 is 2.45 bits per heavy atom. The number of methoxy groups -OCH3 is 2. The summed E-state index contributed by atoms with van der Waals surface area (Å²) in [7, 11) is 5.29. The first-order valence-electron chi connectivity index (χ1n) is 6.34. The Morgan fingerprint density at radius 1 is 1.05 bits per heavy atom. The standard InChI is InChI=1S/C16H18INO2/c1-18-16(11-5-4-6-12(17)9-11)14-8-7-13(19-2)10-15(14)20-3/h4-10,16,18H,1-3H3. The minimum absolute atomic E-state index is 0.0885. The van der Waals surface area contributed by atoms with Gasteiger partial charge in [-0.15, -0.1) is 0 Å². The van der Waals surface area contributed by atoms with Gasteiger partial charge in [-0.25, -0.2) is 0 Å². The molecule has 4 heteroatoms. The zero-order valence-corrected chi connectivity index (χ0v) is 14.0. The minimum Gasteiger partial charge on any atom is -0.497 e. The maximum atomic E-state index is 5.50. The summed E-state index contributed by atoms with van der Waals surface area (Å²) in [6, 6.07) is 14.4. The SMILES string of the molecule is CNC(c1cccc(I)c1)c1ccc(OC)cc1OC. The smallest absolute Gasteiger partial charge is 0.127 e. The van der Waals surface area contributed by atoms with E-state index in [1.807, 2.05) is 25.2 Å². The van der Waals surface area contributed by atoms with E-state index in [0.717, 1.165) is 17.1 Å². The summed E-state index contributed by atoms with van der Waals surface area (Å²) in [5.41, 5.74) is 2.31. The monoisotopic (exact) mass is 383 g/mol. The molecule has 1 unspecified atom stereocenters. The topological polar surface area (TPSA) is 30.5 Å². The van der Waals surface area contributed by atoms with Crippen LogP contribution in [-0.4, -0.2) is 21.3 Å². The average Bonchev–Trinajstić information content (AvgIpc) is 2.48. The lowest BCUT2D eigenvalue weighted by molar-refractivity contribution is 0.388. The van der Waals surface area contributed by atoms with E-state index in [2.05, 4.69) is 52.2 Å². The van der Waals surface area contributed by atoms with Crippen molar-refractivity contribution >= 4 is 22.6 Å². The van der Waals surface area contributed by atoms with Crippen LogP contribution in [0.3, 0.4) is 0 Å². The van der Waals surface area contributed by atoms with Gasteiger partial charge in [0.05, 0.1) is 20.3 Å². The molecule has 0 amide bonds. The first-order chi connectivity index (χ1) is 9.69. The molecule has 0 aromatic heterocycles. The third-order valence-electron chi connectivity index (χ3n) is 3.22. The Balaban J connectivity index is 2.46. The van der Waals surface area contributed by atoms with Gasteiger partial charge in [0.1, 0.15) is 11.5 Å². The van der Waals surface area contributed by atoms with E-state index >= 15 is 0 Å². The maximum Gasteiger partial charge on any atom is 0.127 e. The van der Waals surface area contributed by atoms with Crippen LogP contribution in [0, 0.1) is 3.57 Å². The fraction of sp³-hybridized carbons (Fsp3) is 0.250. The first-order valence-corrected chi connectivity index (χ1v) is 7.42. The predicted octanol–water partition coefficient (Wildman–Crippen LogP) is 3.62. The second-order valence-electron chi connectivity index (χ2n) is 4.38. The highest BCUT2D eigenvalue weighted by Crippen LogP contribution is 2.33. The van der Waals surface area contributed by atoms with Crippen LogP contribution in [0.1, 0.15) is 17.2 Å². The van der Waals surface area contributed by atoms with Crippen molar-refractivity contribution in [2.24, 2.45) is 0 Å². The van der Waals surface area contributed by atoms with Gasteiger partial charge < -0.3 is 14.8 Å². The number of hydrogen-bond donors (Lipinski definition) is 1. The highest BCUT2D eigenvalue weighted by atomic mass is 127. The molecule has 0 aliphatic heterocycles. The second-order valence-corrected chi connectivity index (χ2v) is 5.63. The zero-order valence-electron chi connectivity index (χ0n) is 11.8. The van der Waals surface area contributed by atoms with Gasteiger partial charge in [-0.2, -0.15) is 0 Å². The zero-order chi connectivity index (χ0) is 14.5. The highest BCUT2D eigenvalue weighted by Gasteiger charge is 2.17. The molecule has 1 N–H and O–H groups in total. The normalized spacial score (nSPS) is 12.0. The molecule has 0 fully saturated rings. The summed E-state index contributed by atoms with van der Waals surface area (Å²) in [5, 5.41) is 3.35. The van der Waals surface area contributed by atoms with Crippen LogP contribution in [0.25, 0.3) is 0 Å². The van der Waals surface area contributed by atoms with Crippen LogP contribution in [0.2, 0.25) is 0 Å². The van der Waals surface area contributed by atoms with Crippen LogP contribution >= 0.6 is 22.6 Å². The minimum atomic E-state index is 0.0885. The van der Waals surface area contributed by atoms with Crippen molar-refractivity contribution in [3.63, 3.8) is 0 Å². The molecular weight excluding hydrogens is 365 g/mol. The number of rotatable bonds is 5. The van der Waals surface area contributed by atoms with Gasteiger partial charge in [-0.05, 0) is 59.5 Å². The van der Waals surface area contributed by atoms with Gasteiger partial charge >= 0.3 is 0 Å². The van der Waals surface area contributed by atoms with E-state index in [0.29, 0.717) is 0 Å². The lowest BCUT2D eigenvalue weighted by atomic mass is 9.98. The third-order valence-corrected chi connectivity index (χ3v) is 3.89. The molecule has 3 nitrogen and oxygen atoms in total. The molecule has 0 radical (unpaired) electrons. The molecule has 2 aromatic rings. The van der Waals surface area contributed by atoms with Crippen LogP contribution in [-0.2, 0) is 0 Å². The number of hydrogen-bond acceptors (Lipinski definition) is 3. The fourth-order valence-electron chi connectivity index (χ4n) is 2.24. The highest BCUT2D eigenvalue weighted by molar-refractivity contribution is 14.1. The molecule has 2 rings (SSSR count). The van der Waals surface area contributed by atoms with Crippen molar-refractivity contribution in [2.75, 3.05) is 21.3 Å². The van der Waals surface area contributed by atoms with E-state index in [4.69, 9.17) is 9.47 Å². The van der Waals surface area contributed by atoms with Crippen molar-refractivity contribution < 1.29 is 9.47 Å². The predicted molar refractivity (Wildman–Crippen MR) is 89.6 cm³/mol. The van der Waals surface area contributed by atoms with Crippen molar-refractivity contribution in [2.45, 2.75) is 6.04 Å². The van der Waals surface area contributed by atoms with Crippen LogP contribution < -0.4 is 14.8 Å². The Bertz CT molecular complexity index is 586. The average molecular weight is 383 g/mol. The molecule has 0 heterocycles. The summed E-state index contributed by atoms with van der Waals surface area (Å²) in [4.78, 5) is 0. The molecule has 20 heavy (non-hydrogen) atoms. The van der Waals surface area contributed by atoms with Gasteiger partial charge in [-0.3, -0.25) is 0 Å². The van der Waals surface area contributed by atoms with E-state index in [-0.39, 0.29) is 6.04 Å². The number of nitrogens with one attached hydrogen (secondary N) is 1. The van der Waals surface area contributed by atoms with E-state index in [1.54, 1.807) is 14.2 Å². The quantitative estimate of drug-likeness (QED) is 0.801. The van der Waals surface area contributed by atoms with E-state index in [1.165, 1.54) is 9.13 Å². The van der Waals surface area contributed by atoms with Gasteiger partial charge in [0, 0.05) is 15.2 Å². The van der Waals surface area contributed by atoms with Crippen molar-refractivity contribution in [3.8, 4) is 11.5 Å². The van der Waals surface area contributed by atoms with Crippen LogP contribution in [0.5, 0.6) is 11.5 Å². The van der Waals surface area contributed by atoms with Gasteiger partial charge in [0.2, 0.25) is 0 Å². The van der Waals surface area contributed by atoms with E-state index < -0.39 is 0 Å². The summed E-state index contributed by atoms with van der Waals surface area (Å²) < 4.78 is 12.0. The summed E-state index contributed by atoms with van der Waals surface area (Å²) in [6.45, 7) is 0. The summed E-state index contributed by atoms with van der Waals surface area (Å²) in [5.74, 6) is 1.62.